The van der Waals surface area contributed by atoms with Gasteiger partial charge in [0.25, 0.3) is 16.8 Å². The third-order valence-corrected chi connectivity index (χ3v) is 7.40. The van der Waals surface area contributed by atoms with Gasteiger partial charge in [-0.2, -0.15) is 0 Å². The molecule has 1 unspecified atom stereocenters. The van der Waals surface area contributed by atoms with Crippen LogP contribution in [0.5, 0.6) is 0 Å². The molecule has 34 heavy (non-hydrogen) atoms. The Bertz CT molecular complexity index is 1190. The first-order chi connectivity index (χ1) is 16.1. The number of thioether (sulfide) groups is 1. The first kappa shape index (κ1) is 24.0. The standard InChI is InChI=1S/C26H29N3O4S/c1-5-11-28-22-10-9-18(13-21(22)17(2)15-26(28,3)4)14-23-24(30)27(25(31)34-23)16-19-7-6-8-20(12-19)29(32)33/h6-10,12-14,17H,5,11,15-16H2,1-4H3/b23-14+. The van der Waals surface area contributed by atoms with Gasteiger partial charge in [-0.05, 0) is 79.3 Å². The lowest BCUT2D eigenvalue weighted by Gasteiger charge is -2.47. The molecule has 2 heterocycles. The van der Waals surface area contributed by atoms with Crippen LogP contribution in [0, 0.1) is 10.1 Å². The van der Waals surface area contributed by atoms with Crippen LogP contribution in [-0.4, -0.2) is 33.1 Å². The average molecular weight is 480 g/mol. The molecule has 1 saturated heterocycles. The number of benzene rings is 2. The van der Waals surface area contributed by atoms with Crippen LogP contribution in [0.25, 0.3) is 6.08 Å². The monoisotopic (exact) mass is 479 g/mol. The molecule has 4 rings (SSSR count). The van der Waals surface area contributed by atoms with Gasteiger partial charge in [0, 0.05) is 29.9 Å². The van der Waals surface area contributed by atoms with Crippen molar-refractivity contribution in [3.05, 3.63) is 74.2 Å². The number of nitro benzene ring substituents is 1. The Morgan fingerprint density at radius 2 is 1.97 bits per heavy atom. The molecule has 0 aromatic heterocycles. The molecule has 1 fully saturated rings. The van der Waals surface area contributed by atoms with E-state index in [4.69, 9.17) is 0 Å². The zero-order valence-corrected chi connectivity index (χ0v) is 20.7. The van der Waals surface area contributed by atoms with E-state index >= 15 is 0 Å². The number of amides is 2. The van der Waals surface area contributed by atoms with Gasteiger partial charge in [0.1, 0.15) is 0 Å². The van der Waals surface area contributed by atoms with Gasteiger partial charge in [0.2, 0.25) is 0 Å². The molecule has 0 N–H and O–H groups in total. The number of fused-ring (bicyclic) bond motifs is 1. The molecule has 8 heteroatoms. The van der Waals surface area contributed by atoms with Gasteiger partial charge in [-0.25, -0.2) is 0 Å². The fraction of sp³-hybridized carbons (Fsp3) is 0.385. The van der Waals surface area contributed by atoms with Crippen molar-refractivity contribution in [1.82, 2.24) is 4.90 Å². The van der Waals surface area contributed by atoms with Crippen molar-refractivity contribution in [2.24, 2.45) is 0 Å². The van der Waals surface area contributed by atoms with Crippen molar-refractivity contribution in [2.45, 2.75) is 58.5 Å². The summed E-state index contributed by atoms with van der Waals surface area (Å²) in [6, 6.07) is 12.3. The van der Waals surface area contributed by atoms with E-state index < -0.39 is 4.92 Å². The highest BCUT2D eigenvalue weighted by atomic mass is 32.2. The third kappa shape index (κ3) is 4.59. The molecule has 2 aliphatic rings. The molecule has 0 radical (unpaired) electrons. The number of carbonyl (C=O) groups is 2. The van der Waals surface area contributed by atoms with Crippen molar-refractivity contribution in [1.29, 1.82) is 0 Å². The highest BCUT2D eigenvalue weighted by molar-refractivity contribution is 8.18. The molecule has 0 saturated carbocycles. The van der Waals surface area contributed by atoms with Gasteiger partial charge in [-0.15, -0.1) is 0 Å². The maximum absolute atomic E-state index is 13.0. The Hall–Kier alpha value is -3.13. The summed E-state index contributed by atoms with van der Waals surface area (Å²) in [5, 5.41) is 10.7. The number of hydrogen-bond acceptors (Lipinski definition) is 6. The van der Waals surface area contributed by atoms with E-state index in [1.165, 1.54) is 23.4 Å². The van der Waals surface area contributed by atoms with E-state index in [1.54, 1.807) is 18.2 Å². The summed E-state index contributed by atoms with van der Waals surface area (Å²) in [7, 11) is 0. The maximum atomic E-state index is 13.0. The minimum atomic E-state index is -0.489. The Morgan fingerprint density at radius 1 is 1.21 bits per heavy atom. The first-order valence-corrected chi connectivity index (χ1v) is 12.3. The van der Waals surface area contributed by atoms with Crippen LogP contribution in [0.15, 0.2) is 47.4 Å². The summed E-state index contributed by atoms with van der Waals surface area (Å²) < 4.78 is 0. The summed E-state index contributed by atoms with van der Waals surface area (Å²) in [5.41, 5.74) is 3.95. The van der Waals surface area contributed by atoms with Crippen LogP contribution >= 0.6 is 11.8 Å². The van der Waals surface area contributed by atoms with Gasteiger partial charge in [-0.3, -0.25) is 24.6 Å². The van der Waals surface area contributed by atoms with E-state index in [-0.39, 0.29) is 28.9 Å². The van der Waals surface area contributed by atoms with Crippen molar-refractivity contribution in [3.8, 4) is 0 Å². The number of carbonyl (C=O) groups excluding carboxylic acids is 2. The molecule has 0 spiro atoms. The van der Waals surface area contributed by atoms with Crippen molar-refractivity contribution < 1.29 is 14.5 Å². The van der Waals surface area contributed by atoms with E-state index in [0.29, 0.717) is 16.4 Å². The summed E-state index contributed by atoms with van der Waals surface area (Å²) in [5.74, 6) is 0.0106. The van der Waals surface area contributed by atoms with Gasteiger partial charge in [-0.1, -0.05) is 32.0 Å². The minimum absolute atomic E-state index is 0.00592. The highest BCUT2D eigenvalue weighted by Crippen LogP contribution is 2.44. The quantitative estimate of drug-likeness (QED) is 0.273. The Kier molecular flexibility index (Phi) is 6.53. The fourth-order valence-corrected chi connectivity index (χ4v) is 5.82. The van der Waals surface area contributed by atoms with Crippen molar-refractivity contribution in [2.75, 3.05) is 11.4 Å². The number of anilines is 1. The maximum Gasteiger partial charge on any atom is 0.293 e. The van der Waals surface area contributed by atoms with E-state index in [0.717, 1.165) is 41.6 Å². The molecule has 2 aliphatic heterocycles. The second kappa shape index (κ2) is 9.25. The van der Waals surface area contributed by atoms with E-state index in [9.17, 15) is 19.7 Å². The number of imide groups is 1. The summed E-state index contributed by atoms with van der Waals surface area (Å²) in [6.07, 6.45) is 3.88. The molecule has 7 nitrogen and oxygen atoms in total. The van der Waals surface area contributed by atoms with Crippen LogP contribution < -0.4 is 4.90 Å². The molecule has 2 amide bonds. The Labute approximate surface area is 204 Å². The number of nitrogens with zero attached hydrogens (tertiary/aromatic N) is 3. The molecule has 2 aromatic rings. The summed E-state index contributed by atoms with van der Waals surface area (Å²) in [6.45, 7) is 9.99. The largest absolute Gasteiger partial charge is 0.366 e. The number of non-ortho nitro benzene ring substituents is 1. The van der Waals surface area contributed by atoms with Crippen molar-refractivity contribution in [3.63, 3.8) is 0 Å². The topological polar surface area (TPSA) is 83.8 Å². The van der Waals surface area contributed by atoms with Gasteiger partial charge < -0.3 is 4.90 Å². The predicted molar refractivity (Wildman–Crippen MR) is 136 cm³/mol. The molecule has 0 aliphatic carbocycles. The van der Waals surface area contributed by atoms with Crippen LogP contribution in [0.2, 0.25) is 0 Å². The first-order valence-electron chi connectivity index (χ1n) is 11.5. The van der Waals surface area contributed by atoms with Crippen LogP contribution in [-0.2, 0) is 11.3 Å². The van der Waals surface area contributed by atoms with Crippen molar-refractivity contribution >= 4 is 40.4 Å². The third-order valence-electron chi connectivity index (χ3n) is 6.49. The second-order valence-corrected chi connectivity index (χ2v) is 10.6. The molecule has 0 bridgehead atoms. The highest BCUT2D eigenvalue weighted by Gasteiger charge is 2.37. The minimum Gasteiger partial charge on any atom is -0.366 e. The molecule has 178 valence electrons. The average Bonchev–Trinajstić information content (AvgIpc) is 3.04. The number of nitro groups is 1. The lowest BCUT2D eigenvalue weighted by Crippen LogP contribution is -2.48. The Balaban J connectivity index is 1.59. The molecular weight excluding hydrogens is 450 g/mol. The Morgan fingerprint density at radius 3 is 2.68 bits per heavy atom. The van der Waals surface area contributed by atoms with E-state index in [1.807, 2.05) is 6.07 Å². The molecule has 1 atom stereocenters. The lowest BCUT2D eigenvalue weighted by atomic mass is 9.79. The fourth-order valence-electron chi connectivity index (χ4n) is 4.98. The molecular formula is C26H29N3O4S. The lowest BCUT2D eigenvalue weighted by molar-refractivity contribution is -0.384. The summed E-state index contributed by atoms with van der Waals surface area (Å²) >= 11 is 0.907. The molecule has 2 aromatic carbocycles. The normalized spacial score (nSPS) is 20.7. The van der Waals surface area contributed by atoms with Crippen LogP contribution in [0.3, 0.4) is 0 Å². The smallest absolute Gasteiger partial charge is 0.293 e. The van der Waals surface area contributed by atoms with Gasteiger partial charge >= 0.3 is 0 Å². The van der Waals surface area contributed by atoms with Crippen LogP contribution in [0.4, 0.5) is 16.2 Å². The number of rotatable bonds is 6. The number of hydrogen-bond donors (Lipinski definition) is 0. The van der Waals surface area contributed by atoms with Gasteiger partial charge in [0.15, 0.2) is 0 Å². The summed E-state index contributed by atoms with van der Waals surface area (Å²) in [4.78, 5) is 40.1. The zero-order chi connectivity index (χ0) is 24.6. The van der Waals surface area contributed by atoms with E-state index in [2.05, 4.69) is 44.7 Å². The van der Waals surface area contributed by atoms with Gasteiger partial charge in [0.05, 0.1) is 16.4 Å². The predicted octanol–water partition coefficient (Wildman–Crippen LogP) is 6.33. The second-order valence-electron chi connectivity index (χ2n) is 9.58. The van der Waals surface area contributed by atoms with Crippen LogP contribution in [0.1, 0.15) is 63.1 Å². The SMILES string of the molecule is CCCN1c2ccc(/C=C3/SC(=O)N(Cc4cccc([N+](=O)[O-])c4)C3=O)cc2C(C)CC1(C)C. The zero-order valence-electron chi connectivity index (χ0n) is 19.9.